The summed E-state index contributed by atoms with van der Waals surface area (Å²) in [6, 6.07) is 0. The standard InChI is InChI=1S/C17H28N2S/c1-2-18-17(12-8-4-3-5-9-13-17)16-19-14-10-6-7-11-15(14)20-16/h18H,2-13H2,1H3. The highest BCUT2D eigenvalue weighted by molar-refractivity contribution is 7.11. The highest BCUT2D eigenvalue weighted by Crippen LogP contribution is 2.39. The van der Waals surface area contributed by atoms with Gasteiger partial charge in [-0.15, -0.1) is 11.3 Å². The van der Waals surface area contributed by atoms with E-state index in [1.54, 1.807) is 4.88 Å². The zero-order valence-corrected chi connectivity index (χ0v) is 13.7. The second-order valence-corrected chi connectivity index (χ2v) is 7.56. The number of fused-ring (bicyclic) bond motifs is 1. The minimum Gasteiger partial charge on any atom is -0.306 e. The molecular formula is C17H28N2S. The van der Waals surface area contributed by atoms with Crippen molar-refractivity contribution < 1.29 is 0 Å². The van der Waals surface area contributed by atoms with Crippen molar-refractivity contribution in [3.8, 4) is 0 Å². The van der Waals surface area contributed by atoms with Crippen LogP contribution in [0.15, 0.2) is 0 Å². The second-order valence-electron chi connectivity index (χ2n) is 6.48. The molecule has 112 valence electrons. The molecule has 1 aromatic rings. The Morgan fingerprint density at radius 1 is 1.00 bits per heavy atom. The normalized spacial score (nSPS) is 22.9. The number of hydrogen-bond donors (Lipinski definition) is 1. The van der Waals surface area contributed by atoms with Crippen LogP contribution in [-0.4, -0.2) is 11.5 Å². The van der Waals surface area contributed by atoms with Gasteiger partial charge in [-0.25, -0.2) is 4.98 Å². The van der Waals surface area contributed by atoms with E-state index in [0.717, 1.165) is 6.54 Å². The number of nitrogens with zero attached hydrogens (tertiary/aromatic N) is 1. The molecule has 1 saturated carbocycles. The van der Waals surface area contributed by atoms with Crippen LogP contribution in [0.5, 0.6) is 0 Å². The van der Waals surface area contributed by atoms with E-state index in [1.165, 1.54) is 81.3 Å². The molecule has 1 heterocycles. The quantitative estimate of drug-likeness (QED) is 0.882. The molecule has 0 radical (unpaired) electrons. The predicted molar refractivity (Wildman–Crippen MR) is 86.4 cm³/mol. The van der Waals surface area contributed by atoms with E-state index in [4.69, 9.17) is 4.98 Å². The van der Waals surface area contributed by atoms with Crippen molar-refractivity contribution in [3.63, 3.8) is 0 Å². The van der Waals surface area contributed by atoms with Crippen LogP contribution in [0, 0.1) is 0 Å². The van der Waals surface area contributed by atoms with Crippen molar-refractivity contribution in [2.45, 2.75) is 83.1 Å². The lowest BCUT2D eigenvalue weighted by molar-refractivity contribution is 0.256. The molecule has 1 fully saturated rings. The van der Waals surface area contributed by atoms with E-state index in [-0.39, 0.29) is 5.54 Å². The van der Waals surface area contributed by atoms with Gasteiger partial charge >= 0.3 is 0 Å². The van der Waals surface area contributed by atoms with Gasteiger partial charge in [0.1, 0.15) is 5.01 Å². The summed E-state index contributed by atoms with van der Waals surface area (Å²) in [5.74, 6) is 0. The van der Waals surface area contributed by atoms with Crippen molar-refractivity contribution >= 4 is 11.3 Å². The van der Waals surface area contributed by atoms with Gasteiger partial charge in [-0.2, -0.15) is 0 Å². The van der Waals surface area contributed by atoms with Crippen molar-refractivity contribution in [3.05, 3.63) is 15.6 Å². The van der Waals surface area contributed by atoms with Crippen LogP contribution in [0.2, 0.25) is 0 Å². The van der Waals surface area contributed by atoms with Gasteiger partial charge in [-0.3, -0.25) is 0 Å². The predicted octanol–water partition coefficient (Wildman–Crippen LogP) is 4.57. The monoisotopic (exact) mass is 292 g/mol. The summed E-state index contributed by atoms with van der Waals surface area (Å²) in [5, 5.41) is 5.25. The summed E-state index contributed by atoms with van der Waals surface area (Å²) in [6.45, 7) is 3.30. The average Bonchev–Trinajstić information content (AvgIpc) is 2.86. The van der Waals surface area contributed by atoms with Gasteiger partial charge in [-0.1, -0.05) is 39.0 Å². The van der Waals surface area contributed by atoms with Gasteiger partial charge in [0.2, 0.25) is 0 Å². The number of thiazole rings is 1. The topological polar surface area (TPSA) is 24.9 Å². The first-order valence-corrected chi connectivity index (χ1v) is 9.40. The lowest BCUT2D eigenvalue weighted by Crippen LogP contribution is -2.42. The summed E-state index contributed by atoms with van der Waals surface area (Å²) >= 11 is 2.02. The third kappa shape index (κ3) is 2.94. The molecule has 0 spiro atoms. The van der Waals surface area contributed by atoms with E-state index >= 15 is 0 Å². The highest BCUT2D eigenvalue weighted by Gasteiger charge is 2.35. The molecule has 3 rings (SSSR count). The first-order valence-electron chi connectivity index (χ1n) is 8.58. The van der Waals surface area contributed by atoms with Crippen LogP contribution in [0.1, 0.15) is 80.3 Å². The van der Waals surface area contributed by atoms with Crippen LogP contribution >= 0.6 is 11.3 Å². The molecule has 0 saturated heterocycles. The van der Waals surface area contributed by atoms with Gasteiger partial charge < -0.3 is 5.32 Å². The molecule has 0 amide bonds. The van der Waals surface area contributed by atoms with Crippen molar-refractivity contribution in [2.75, 3.05) is 6.54 Å². The fourth-order valence-electron chi connectivity index (χ4n) is 3.87. The SMILES string of the molecule is CCNC1(c2nc3c(s2)CCCC3)CCCCCCC1. The number of rotatable bonds is 3. The highest BCUT2D eigenvalue weighted by atomic mass is 32.1. The van der Waals surface area contributed by atoms with E-state index < -0.39 is 0 Å². The third-order valence-corrected chi connectivity index (χ3v) is 6.34. The summed E-state index contributed by atoms with van der Waals surface area (Å²) in [5.41, 5.74) is 1.62. The Kier molecular flexibility index (Phi) is 4.77. The number of aryl methyl sites for hydroxylation is 2. The molecule has 0 bridgehead atoms. The molecule has 0 aliphatic heterocycles. The van der Waals surface area contributed by atoms with Crippen LogP contribution < -0.4 is 5.32 Å². The van der Waals surface area contributed by atoms with E-state index in [2.05, 4.69) is 12.2 Å². The summed E-state index contributed by atoms with van der Waals surface area (Å²) in [4.78, 5) is 6.68. The molecular weight excluding hydrogens is 264 g/mol. The maximum Gasteiger partial charge on any atom is 0.113 e. The van der Waals surface area contributed by atoms with Crippen LogP contribution in [0.25, 0.3) is 0 Å². The van der Waals surface area contributed by atoms with Crippen molar-refractivity contribution in [2.24, 2.45) is 0 Å². The Morgan fingerprint density at radius 2 is 1.70 bits per heavy atom. The van der Waals surface area contributed by atoms with Crippen LogP contribution in [0.4, 0.5) is 0 Å². The fraction of sp³-hybridized carbons (Fsp3) is 0.824. The lowest BCUT2D eigenvalue weighted by atomic mass is 9.84. The number of nitrogens with one attached hydrogen (secondary N) is 1. The first kappa shape index (κ1) is 14.5. The minimum atomic E-state index is 0.192. The minimum absolute atomic E-state index is 0.192. The van der Waals surface area contributed by atoms with E-state index in [9.17, 15) is 0 Å². The van der Waals surface area contributed by atoms with Crippen LogP contribution in [-0.2, 0) is 18.4 Å². The van der Waals surface area contributed by atoms with E-state index in [1.807, 2.05) is 11.3 Å². The number of hydrogen-bond acceptors (Lipinski definition) is 3. The molecule has 3 heteroatoms. The molecule has 2 nitrogen and oxygen atoms in total. The molecule has 20 heavy (non-hydrogen) atoms. The molecule has 1 aromatic heterocycles. The summed E-state index contributed by atoms with van der Waals surface area (Å²) in [6.07, 6.45) is 14.7. The summed E-state index contributed by atoms with van der Waals surface area (Å²) < 4.78 is 0. The third-order valence-electron chi connectivity index (χ3n) is 4.98. The Balaban J connectivity index is 1.89. The van der Waals surface area contributed by atoms with Gasteiger partial charge in [-0.05, 0) is 45.1 Å². The molecule has 0 aromatic carbocycles. The Bertz CT molecular complexity index is 407. The summed E-state index contributed by atoms with van der Waals surface area (Å²) in [7, 11) is 0. The van der Waals surface area contributed by atoms with Gasteiger partial charge in [0.15, 0.2) is 0 Å². The zero-order chi connectivity index (χ0) is 13.8. The average molecular weight is 292 g/mol. The largest absolute Gasteiger partial charge is 0.306 e. The first-order chi connectivity index (χ1) is 9.84. The lowest BCUT2D eigenvalue weighted by Gasteiger charge is -2.34. The van der Waals surface area contributed by atoms with Gasteiger partial charge in [0.25, 0.3) is 0 Å². The maximum atomic E-state index is 5.09. The Morgan fingerprint density at radius 3 is 2.40 bits per heavy atom. The van der Waals surface area contributed by atoms with Crippen molar-refractivity contribution in [1.82, 2.24) is 10.3 Å². The maximum absolute atomic E-state index is 5.09. The molecule has 2 aliphatic carbocycles. The zero-order valence-electron chi connectivity index (χ0n) is 12.8. The molecule has 0 unspecified atom stereocenters. The van der Waals surface area contributed by atoms with Gasteiger partial charge in [0.05, 0.1) is 11.2 Å². The fourth-order valence-corrected chi connectivity index (χ4v) is 5.24. The Labute approximate surface area is 127 Å². The van der Waals surface area contributed by atoms with Crippen LogP contribution in [0.3, 0.4) is 0 Å². The molecule has 1 N–H and O–H groups in total. The van der Waals surface area contributed by atoms with E-state index in [0.29, 0.717) is 0 Å². The molecule has 2 aliphatic rings. The molecule has 0 atom stereocenters. The number of aromatic nitrogens is 1. The Hall–Kier alpha value is -0.410. The van der Waals surface area contributed by atoms with Crippen molar-refractivity contribution in [1.29, 1.82) is 0 Å². The van der Waals surface area contributed by atoms with Gasteiger partial charge in [0, 0.05) is 4.88 Å². The smallest absolute Gasteiger partial charge is 0.113 e. The second kappa shape index (κ2) is 6.57.